The normalized spacial score (nSPS) is 15.3. The van der Waals surface area contributed by atoms with Gasteiger partial charge in [0.25, 0.3) is 0 Å². The van der Waals surface area contributed by atoms with Crippen molar-refractivity contribution in [2.75, 3.05) is 12.4 Å². The van der Waals surface area contributed by atoms with Crippen LogP contribution in [-0.2, 0) is 17.6 Å². The second-order valence-corrected chi connectivity index (χ2v) is 5.36. The van der Waals surface area contributed by atoms with E-state index in [2.05, 4.69) is 5.32 Å². The fraction of sp³-hybridized carbons (Fsp3) is 0.235. The van der Waals surface area contributed by atoms with Crippen LogP contribution in [0.5, 0.6) is 5.75 Å². The molecule has 0 aromatic heterocycles. The van der Waals surface area contributed by atoms with E-state index in [9.17, 15) is 9.90 Å². The minimum Gasteiger partial charge on any atom is -0.497 e. The van der Waals surface area contributed by atoms with Crippen LogP contribution in [0, 0.1) is 0 Å². The molecule has 0 saturated carbocycles. The molecule has 2 N–H and O–H groups in total. The quantitative estimate of drug-likeness (QED) is 0.906. The molecular formula is C17H17NO3. The predicted molar refractivity (Wildman–Crippen MR) is 80.8 cm³/mol. The molecule has 3 rings (SSSR count). The van der Waals surface area contributed by atoms with Gasteiger partial charge in [0, 0.05) is 18.5 Å². The Labute approximate surface area is 123 Å². The zero-order valence-electron chi connectivity index (χ0n) is 11.8. The van der Waals surface area contributed by atoms with Crippen LogP contribution in [0.15, 0.2) is 48.5 Å². The zero-order valence-corrected chi connectivity index (χ0v) is 11.8. The van der Waals surface area contributed by atoms with Gasteiger partial charge in [0.2, 0.25) is 0 Å². The van der Waals surface area contributed by atoms with Crippen molar-refractivity contribution in [1.29, 1.82) is 0 Å². The summed E-state index contributed by atoms with van der Waals surface area (Å²) < 4.78 is 5.12. The van der Waals surface area contributed by atoms with E-state index in [1.165, 1.54) is 0 Å². The topological polar surface area (TPSA) is 58.6 Å². The summed E-state index contributed by atoms with van der Waals surface area (Å²) in [7, 11) is 1.61. The summed E-state index contributed by atoms with van der Waals surface area (Å²) in [5, 5.41) is 12.9. The number of rotatable bonds is 4. The Bertz CT molecular complexity index is 639. The summed E-state index contributed by atoms with van der Waals surface area (Å²) in [5.41, 5.74) is 2.01. The molecule has 2 aromatic rings. The summed E-state index contributed by atoms with van der Waals surface area (Å²) in [5.74, 6) is -0.0749. The molecule has 1 aliphatic rings. The first-order valence-electron chi connectivity index (χ1n) is 6.85. The average Bonchev–Trinajstić information content (AvgIpc) is 2.87. The third kappa shape index (κ3) is 2.44. The third-order valence-electron chi connectivity index (χ3n) is 3.99. The van der Waals surface area contributed by atoms with Crippen molar-refractivity contribution in [3.63, 3.8) is 0 Å². The molecule has 0 atom stereocenters. The number of benzene rings is 2. The molecule has 0 bridgehead atoms. The lowest BCUT2D eigenvalue weighted by atomic mass is 9.95. The number of nitrogens with one attached hydrogen (secondary N) is 1. The van der Waals surface area contributed by atoms with Crippen LogP contribution in [0.4, 0.5) is 5.69 Å². The zero-order chi connectivity index (χ0) is 14.9. The average molecular weight is 283 g/mol. The van der Waals surface area contributed by atoms with Gasteiger partial charge in [0.05, 0.1) is 7.11 Å². The van der Waals surface area contributed by atoms with Crippen LogP contribution in [0.1, 0.15) is 11.1 Å². The number of carbonyl (C=O) groups is 1. The lowest BCUT2D eigenvalue weighted by Gasteiger charge is -2.26. The van der Waals surface area contributed by atoms with Gasteiger partial charge in [-0.2, -0.15) is 0 Å². The highest BCUT2D eigenvalue weighted by atomic mass is 16.5. The lowest BCUT2D eigenvalue weighted by molar-refractivity contribution is -0.142. The van der Waals surface area contributed by atoms with Crippen molar-refractivity contribution in [1.82, 2.24) is 0 Å². The van der Waals surface area contributed by atoms with Crippen molar-refractivity contribution in [3.05, 3.63) is 59.7 Å². The van der Waals surface area contributed by atoms with E-state index >= 15 is 0 Å². The highest BCUT2D eigenvalue weighted by Crippen LogP contribution is 2.33. The van der Waals surface area contributed by atoms with Gasteiger partial charge in [-0.3, -0.25) is 0 Å². The highest BCUT2D eigenvalue weighted by molar-refractivity contribution is 5.85. The Kier molecular flexibility index (Phi) is 3.29. The number of hydrogen-bond acceptors (Lipinski definition) is 3. The minimum atomic E-state index is -0.974. The van der Waals surface area contributed by atoms with Crippen LogP contribution < -0.4 is 10.1 Å². The maximum atomic E-state index is 11.8. The SMILES string of the molecule is COc1ccc(NC2(C(=O)O)Cc3ccccc3C2)cc1. The summed E-state index contributed by atoms with van der Waals surface area (Å²) in [6.07, 6.45) is 0.981. The van der Waals surface area contributed by atoms with Gasteiger partial charge in [-0.1, -0.05) is 24.3 Å². The summed E-state index contributed by atoms with van der Waals surface area (Å²) in [4.78, 5) is 11.8. The Hall–Kier alpha value is -2.49. The molecule has 0 heterocycles. The van der Waals surface area contributed by atoms with E-state index < -0.39 is 11.5 Å². The van der Waals surface area contributed by atoms with Crippen LogP contribution in [0.2, 0.25) is 0 Å². The van der Waals surface area contributed by atoms with Crippen LogP contribution in [-0.4, -0.2) is 23.7 Å². The second kappa shape index (κ2) is 5.13. The lowest BCUT2D eigenvalue weighted by Crippen LogP contribution is -2.47. The molecular weight excluding hydrogens is 266 g/mol. The van der Waals surface area contributed by atoms with Crippen molar-refractivity contribution in [2.24, 2.45) is 0 Å². The molecule has 0 unspecified atom stereocenters. The van der Waals surface area contributed by atoms with E-state index in [1.807, 2.05) is 48.5 Å². The van der Waals surface area contributed by atoms with Gasteiger partial charge in [-0.25, -0.2) is 4.79 Å². The number of hydrogen-bond donors (Lipinski definition) is 2. The monoisotopic (exact) mass is 283 g/mol. The first kappa shape index (κ1) is 13.5. The molecule has 4 heteroatoms. The molecule has 0 fully saturated rings. The molecule has 0 spiro atoms. The summed E-state index contributed by atoms with van der Waals surface area (Å²) in [6, 6.07) is 15.2. The highest BCUT2D eigenvalue weighted by Gasteiger charge is 2.44. The van der Waals surface area contributed by atoms with Gasteiger partial charge >= 0.3 is 5.97 Å². The number of ether oxygens (including phenoxy) is 1. The van der Waals surface area contributed by atoms with Gasteiger partial charge in [0.1, 0.15) is 11.3 Å². The van der Waals surface area contributed by atoms with Crippen molar-refractivity contribution >= 4 is 11.7 Å². The first-order valence-corrected chi connectivity index (χ1v) is 6.85. The second-order valence-electron chi connectivity index (χ2n) is 5.36. The molecule has 21 heavy (non-hydrogen) atoms. The van der Waals surface area contributed by atoms with Crippen LogP contribution >= 0.6 is 0 Å². The summed E-state index contributed by atoms with van der Waals surface area (Å²) >= 11 is 0. The number of carboxylic acids is 1. The van der Waals surface area contributed by atoms with Crippen molar-refractivity contribution < 1.29 is 14.6 Å². The Morgan fingerprint density at radius 2 is 1.67 bits per heavy atom. The first-order chi connectivity index (χ1) is 10.1. The fourth-order valence-corrected chi connectivity index (χ4v) is 2.86. The molecule has 0 aliphatic heterocycles. The number of carboxylic acid groups (broad SMARTS) is 1. The predicted octanol–water partition coefficient (Wildman–Crippen LogP) is 2.73. The maximum Gasteiger partial charge on any atom is 0.330 e. The minimum absolute atomic E-state index is 0.491. The van der Waals surface area contributed by atoms with E-state index in [-0.39, 0.29) is 0 Å². The van der Waals surface area contributed by atoms with E-state index in [0.717, 1.165) is 22.6 Å². The number of anilines is 1. The Morgan fingerprint density at radius 1 is 1.10 bits per heavy atom. The molecule has 0 saturated heterocycles. The van der Waals surface area contributed by atoms with Gasteiger partial charge in [0.15, 0.2) is 0 Å². The Balaban J connectivity index is 1.88. The van der Waals surface area contributed by atoms with Gasteiger partial charge in [-0.15, -0.1) is 0 Å². The summed E-state index contributed by atoms with van der Waals surface area (Å²) in [6.45, 7) is 0. The van der Waals surface area contributed by atoms with Gasteiger partial charge in [-0.05, 0) is 35.4 Å². The number of fused-ring (bicyclic) bond motifs is 1. The fourth-order valence-electron chi connectivity index (χ4n) is 2.86. The van der Waals surface area contributed by atoms with E-state index in [1.54, 1.807) is 7.11 Å². The standard InChI is InChI=1S/C17H17NO3/c1-21-15-8-6-14(7-9-15)18-17(16(19)20)10-12-4-2-3-5-13(12)11-17/h2-9,18H,10-11H2,1H3,(H,19,20). The van der Waals surface area contributed by atoms with Crippen LogP contribution in [0.3, 0.4) is 0 Å². The van der Waals surface area contributed by atoms with Crippen molar-refractivity contribution in [3.8, 4) is 5.75 Å². The number of methoxy groups -OCH3 is 1. The molecule has 1 aliphatic carbocycles. The van der Waals surface area contributed by atoms with Crippen LogP contribution in [0.25, 0.3) is 0 Å². The van der Waals surface area contributed by atoms with Gasteiger partial charge < -0.3 is 15.2 Å². The molecule has 0 amide bonds. The Morgan fingerprint density at radius 3 is 2.14 bits per heavy atom. The maximum absolute atomic E-state index is 11.8. The van der Waals surface area contributed by atoms with E-state index in [4.69, 9.17) is 4.74 Å². The largest absolute Gasteiger partial charge is 0.497 e. The molecule has 4 nitrogen and oxygen atoms in total. The van der Waals surface area contributed by atoms with E-state index in [0.29, 0.717) is 12.8 Å². The smallest absolute Gasteiger partial charge is 0.330 e. The molecule has 2 aromatic carbocycles. The molecule has 108 valence electrons. The molecule has 0 radical (unpaired) electrons. The third-order valence-corrected chi connectivity index (χ3v) is 3.99. The number of aliphatic carboxylic acids is 1. The van der Waals surface area contributed by atoms with Crippen molar-refractivity contribution in [2.45, 2.75) is 18.4 Å².